The Morgan fingerprint density at radius 3 is 2.22 bits per heavy atom. The fourth-order valence-electron chi connectivity index (χ4n) is 2.77. The van der Waals surface area contributed by atoms with Crippen molar-refractivity contribution in [2.24, 2.45) is 5.92 Å². The maximum Gasteiger partial charge on any atom is 0.246 e. The van der Waals surface area contributed by atoms with E-state index in [0.29, 0.717) is 18.8 Å². The molecule has 2 amide bonds. The summed E-state index contributed by atoms with van der Waals surface area (Å²) < 4.78 is 0. The van der Waals surface area contributed by atoms with E-state index in [9.17, 15) is 9.59 Å². The monoisotopic (exact) mass is 254 g/mol. The van der Waals surface area contributed by atoms with Gasteiger partial charge in [0.15, 0.2) is 0 Å². The summed E-state index contributed by atoms with van der Waals surface area (Å²) in [5, 5.41) is 2.82. The lowest BCUT2D eigenvalue weighted by molar-refractivity contribution is -0.152. The van der Waals surface area contributed by atoms with Gasteiger partial charge in [-0.15, -0.1) is 0 Å². The van der Waals surface area contributed by atoms with Gasteiger partial charge >= 0.3 is 0 Å². The lowest BCUT2D eigenvalue weighted by Gasteiger charge is -2.42. The molecule has 1 heterocycles. The molecule has 0 bridgehead atoms. The number of carbonyl (C=O) groups excluding carboxylic acids is 2. The molecule has 0 aromatic heterocycles. The molecular weight excluding hydrogens is 228 g/mol. The van der Waals surface area contributed by atoms with Gasteiger partial charge in [-0.2, -0.15) is 0 Å². The van der Waals surface area contributed by atoms with Gasteiger partial charge < -0.3 is 10.2 Å². The normalized spacial score (nSPS) is 26.4. The highest BCUT2D eigenvalue weighted by Gasteiger charge is 2.40. The number of hydrogen-bond acceptors (Lipinski definition) is 2. The summed E-state index contributed by atoms with van der Waals surface area (Å²) in [6.45, 7) is 10.2. The van der Waals surface area contributed by atoms with Gasteiger partial charge in [0, 0.05) is 6.04 Å². The van der Waals surface area contributed by atoms with E-state index in [-0.39, 0.29) is 29.9 Å². The van der Waals surface area contributed by atoms with E-state index in [4.69, 9.17) is 0 Å². The van der Waals surface area contributed by atoms with E-state index in [2.05, 4.69) is 19.2 Å². The molecule has 1 rings (SSSR count). The molecular formula is C14H26N2O2. The van der Waals surface area contributed by atoms with Gasteiger partial charge in [-0.25, -0.2) is 0 Å². The highest BCUT2D eigenvalue weighted by molar-refractivity contribution is 5.97. The molecule has 1 aliphatic heterocycles. The van der Waals surface area contributed by atoms with Crippen LogP contribution < -0.4 is 5.32 Å². The number of piperazine rings is 1. The maximum atomic E-state index is 12.4. The van der Waals surface area contributed by atoms with Crippen LogP contribution in [0.5, 0.6) is 0 Å². The van der Waals surface area contributed by atoms with Crippen LogP contribution in [0.4, 0.5) is 0 Å². The quantitative estimate of drug-likeness (QED) is 0.815. The fourth-order valence-corrected chi connectivity index (χ4v) is 2.77. The Morgan fingerprint density at radius 2 is 1.78 bits per heavy atom. The second kappa shape index (κ2) is 6.21. The van der Waals surface area contributed by atoms with E-state index >= 15 is 0 Å². The zero-order valence-electron chi connectivity index (χ0n) is 12.2. The minimum Gasteiger partial charge on any atom is -0.343 e. The summed E-state index contributed by atoms with van der Waals surface area (Å²) in [5.41, 5.74) is 0. The van der Waals surface area contributed by atoms with Crippen molar-refractivity contribution in [3.05, 3.63) is 0 Å². The van der Waals surface area contributed by atoms with Crippen molar-refractivity contribution in [2.45, 2.75) is 72.0 Å². The van der Waals surface area contributed by atoms with E-state index < -0.39 is 0 Å². The number of nitrogens with zero attached hydrogens (tertiary/aromatic N) is 1. The number of rotatable bonds is 5. The highest BCUT2D eigenvalue weighted by Crippen LogP contribution is 2.21. The number of carbonyl (C=O) groups is 2. The zero-order valence-corrected chi connectivity index (χ0v) is 12.2. The smallest absolute Gasteiger partial charge is 0.246 e. The second-order valence-electron chi connectivity index (χ2n) is 5.62. The first-order valence-electron chi connectivity index (χ1n) is 7.04. The summed E-state index contributed by atoms with van der Waals surface area (Å²) in [5.74, 6) is 0.604. The molecule has 0 spiro atoms. The van der Waals surface area contributed by atoms with Crippen LogP contribution in [0.3, 0.4) is 0 Å². The molecule has 1 N–H and O–H groups in total. The minimum atomic E-state index is -0.338. The van der Waals surface area contributed by atoms with Crippen LogP contribution in [-0.4, -0.2) is 34.8 Å². The number of amides is 2. The van der Waals surface area contributed by atoms with Crippen molar-refractivity contribution in [3.8, 4) is 0 Å². The van der Waals surface area contributed by atoms with Crippen LogP contribution in [0, 0.1) is 5.92 Å². The van der Waals surface area contributed by atoms with Gasteiger partial charge in [0.1, 0.15) is 12.1 Å². The standard InChI is InChI=1S/C14H26N2O2/c1-6-11-14(18)16(10(5)8-9(3)4)12(7-2)13(17)15-11/h9-12H,6-8H2,1-5H3,(H,15,17). The van der Waals surface area contributed by atoms with E-state index in [1.54, 1.807) is 0 Å². The summed E-state index contributed by atoms with van der Waals surface area (Å²) >= 11 is 0. The van der Waals surface area contributed by atoms with Crippen LogP contribution in [0.15, 0.2) is 0 Å². The summed E-state index contributed by atoms with van der Waals surface area (Å²) in [4.78, 5) is 26.3. The van der Waals surface area contributed by atoms with Gasteiger partial charge in [0.25, 0.3) is 0 Å². The van der Waals surface area contributed by atoms with E-state index in [1.165, 1.54) is 0 Å². The van der Waals surface area contributed by atoms with Crippen molar-refractivity contribution in [1.29, 1.82) is 0 Å². The topological polar surface area (TPSA) is 49.4 Å². The Bertz CT molecular complexity index is 315. The van der Waals surface area contributed by atoms with Crippen molar-refractivity contribution in [2.75, 3.05) is 0 Å². The lowest BCUT2D eigenvalue weighted by atomic mass is 9.97. The van der Waals surface area contributed by atoms with Gasteiger partial charge in [-0.3, -0.25) is 9.59 Å². The molecule has 4 heteroatoms. The third kappa shape index (κ3) is 3.03. The van der Waals surface area contributed by atoms with Gasteiger partial charge in [-0.05, 0) is 32.1 Å². The van der Waals surface area contributed by atoms with Crippen LogP contribution in [0.25, 0.3) is 0 Å². The first-order valence-corrected chi connectivity index (χ1v) is 7.04. The molecule has 3 unspecified atom stereocenters. The highest BCUT2D eigenvalue weighted by atomic mass is 16.2. The first kappa shape index (κ1) is 15.0. The van der Waals surface area contributed by atoms with Gasteiger partial charge in [0.05, 0.1) is 0 Å². The predicted octanol–water partition coefficient (Wildman–Crippen LogP) is 1.94. The van der Waals surface area contributed by atoms with Crippen molar-refractivity contribution < 1.29 is 9.59 Å². The molecule has 4 nitrogen and oxygen atoms in total. The largest absolute Gasteiger partial charge is 0.343 e. The Morgan fingerprint density at radius 1 is 1.17 bits per heavy atom. The second-order valence-corrected chi connectivity index (χ2v) is 5.62. The lowest BCUT2D eigenvalue weighted by Crippen LogP contribution is -2.65. The van der Waals surface area contributed by atoms with Crippen molar-refractivity contribution in [1.82, 2.24) is 10.2 Å². The summed E-state index contributed by atoms with van der Waals surface area (Å²) in [6, 6.07) is -0.508. The minimum absolute atomic E-state index is 0.000411. The summed E-state index contributed by atoms with van der Waals surface area (Å²) in [6.07, 6.45) is 2.27. The number of nitrogens with one attached hydrogen (secondary N) is 1. The fraction of sp³-hybridized carbons (Fsp3) is 0.857. The molecule has 0 radical (unpaired) electrons. The van der Waals surface area contributed by atoms with Gasteiger partial charge in [-0.1, -0.05) is 27.7 Å². The van der Waals surface area contributed by atoms with Crippen molar-refractivity contribution in [3.63, 3.8) is 0 Å². The first-order chi connectivity index (χ1) is 8.42. The van der Waals surface area contributed by atoms with E-state index in [0.717, 1.165) is 6.42 Å². The van der Waals surface area contributed by atoms with E-state index in [1.807, 2.05) is 25.7 Å². The summed E-state index contributed by atoms with van der Waals surface area (Å²) in [7, 11) is 0. The molecule has 0 aliphatic carbocycles. The molecule has 18 heavy (non-hydrogen) atoms. The average molecular weight is 254 g/mol. The zero-order chi connectivity index (χ0) is 13.9. The molecule has 1 saturated heterocycles. The Hall–Kier alpha value is -1.06. The SMILES string of the molecule is CCC1NC(=O)C(CC)N(C(C)CC(C)C)C1=O. The molecule has 1 aliphatic rings. The molecule has 104 valence electrons. The van der Waals surface area contributed by atoms with Gasteiger partial charge in [0.2, 0.25) is 11.8 Å². The van der Waals surface area contributed by atoms with Crippen LogP contribution in [0.1, 0.15) is 53.9 Å². The maximum absolute atomic E-state index is 12.4. The Balaban J connectivity index is 2.92. The van der Waals surface area contributed by atoms with Crippen LogP contribution in [-0.2, 0) is 9.59 Å². The molecule has 1 fully saturated rings. The molecule has 3 atom stereocenters. The third-order valence-electron chi connectivity index (χ3n) is 3.59. The molecule has 0 aromatic carbocycles. The predicted molar refractivity (Wildman–Crippen MR) is 72.1 cm³/mol. The van der Waals surface area contributed by atoms with Crippen LogP contribution in [0.2, 0.25) is 0 Å². The third-order valence-corrected chi connectivity index (χ3v) is 3.59. The Kier molecular flexibility index (Phi) is 5.17. The molecule has 0 saturated carbocycles. The molecule has 0 aromatic rings. The Labute approximate surface area is 110 Å². The van der Waals surface area contributed by atoms with Crippen molar-refractivity contribution >= 4 is 11.8 Å². The number of hydrogen-bond donors (Lipinski definition) is 1. The average Bonchev–Trinajstić information content (AvgIpc) is 2.29. The van der Waals surface area contributed by atoms with Crippen LogP contribution >= 0.6 is 0 Å².